The molecule has 5 N–H and O–H groups in total. The molecule has 0 unspecified atom stereocenters. The van der Waals surface area contributed by atoms with Crippen LogP contribution in [0.2, 0.25) is 0 Å². The molecule has 0 bridgehead atoms. The highest BCUT2D eigenvalue weighted by Gasteiger charge is 2.29. The van der Waals surface area contributed by atoms with Crippen LogP contribution in [0.4, 0.5) is 0 Å². The average Bonchev–Trinajstić information content (AvgIpc) is 2.12. The Labute approximate surface area is 96.3 Å². The van der Waals surface area contributed by atoms with Gasteiger partial charge in [0.25, 0.3) is 10.2 Å². The van der Waals surface area contributed by atoms with Gasteiger partial charge in [-0.15, -0.1) is 0 Å². The van der Waals surface area contributed by atoms with Gasteiger partial charge in [-0.2, -0.15) is 13.1 Å². The molecule has 0 aromatic carbocycles. The zero-order valence-electron chi connectivity index (χ0n) is 9.98. The van der Waals surface area contributed by atoms with Crippen molar-refractivity contribution < 1.29 is 13.6 Å². The minimum Gasteiger partial charge on any atom is -0.409 e. The molecule has 96 valence electrons. The number of hydrogen-bond donors (Lipinski definition) is 4. The van der Waals surface area contributed by atoms with Crippen LogP contribution < -0.4 is 15.2 Å². The van der Waals surface area contributed by atoms with E-state index in [1.165, 1.54) is 13.8 Å². The van der Waals surface area contributed by atoms with Crippen LogP contribution in [-0.4, -0.2) is 31.5 Å². The Kier molecular flexibility index (Phi) is 5.17. The molecule has 0 radical (unpaired) electrons. The molecule has 7 nitrogen and oxygen atoms in total. The fourth-order valence-electron chi connectivity index (χ4n) is 0.826. The largest absolute Gasteiger partial charge is 0.409 e. The number of hydrogen-bond acceptors (Lipinski definition) is 4. The number of oxime groups is 1. The highest BCUT2D eigenvalue weighted by molar-refractivity contribution is 7.87. The van der Waals surface area contributed by atoms with Gasteiger partial charge in [-0.05, 0) is 19.8 Å². The van der Waals surface area contributed by atoms with E-state index < -0.39 is 15.7 Å². The molecule has 0 aliphatic heterocycles. The lowest BCUT2D eigenvalue weighted by atomic mass is 10.1. The first-order valence-electron chi connectivity index (χ1n) is 4.87. The third-order valence-corrected chi connectivity index (χ3v) is 3.14. The Balaban J connectivity index is 4.59. The number of nitrogens with zero attached hydrogens (tertiary/aromatic N) is 1. The summed E-state index contributed by atoms with van der Waals surface area (Å²) in [6.45, 7) is 7.09. The zero-order chi connectivity index (χ0) is 13.0. The quantitative estimate of drug-likeness (QED) is 0.222. The molecule has 0 aliphatic carbocycles. The van der Waals surface area contributed by atoms with Crippen molar-refractivity contribution in [3.63, 3.8) is 0 Å². The Morgan fingerprint density at radius 2 is 2.00 bits per heavy atom. The lowest BCUT2D eigenvalue weighted by Crippen LogP contribution is -2.56. The fraction of sp³-hybridized carbons (Fsp3) is 0.875. The summed E-state index contributed by atoms with van der Waals surface area (Å²) in [7, 11) is -3.66. The van der Waals surface area contributed by atoms with E-state index in [-0.39, 0.29) is 11.8 Å². The summed E-state index contributed by atoms with van der Waals surface area (Å²) in [5, 5.41) is 11.3. The van der Waals surface area contributed by atoms with Crippen LogP contribution in [0.3, 0.4) is 0 Å². The Morgan fingerprint density at radius 3 is 2.38 bits per heavy atom. The molecule has 16 heavy (non-hydrogen) atoms. The number of nitrogens with two attached hydrogens (primary N) is 1. The third-order valence-electron chi connectivity index (χ3n) is 1.82. The van der Waals surface area contributed by atoms with Gasteiger partial charge in [-0.1, -0.05) is 19.0 Å². The first-order chi connectivity index (χ1) is 7.10. The second kappa shape index (κ2) is 5.46. The van der Waals surface area contributed by atoms with E-state index in [1.54, 1.807) is 0 Å². The van der Waals surface area contributed by atoms with Gasteiger partial charge in [0.15, 0.2) is 5.84 Å². The Bertz CT molecular complexity index is 348. The first-order valence-corrected chi connectivity index (χ1v) is 6.35. The molecule has 0 saturated heterocycles. The molecular formula is C8H20N4O3S. The van der Waals surface area contributed by atoms with Crippen LogP contribution in [-0.2, 0) is 10.2 Å². The minimum atomic E-state index is -3.66. The molecule has 0 rings (SSSR count). The van der Waals surface area contributed by atoms with E-state index in [2.05, 4.69) is 14.6 Å². The van der Waals surface area contributed by atoms with Crippen LogP contribution in [0.15, 0.2) is 5.16 Å². The lowest BCUT2D eigenvalue weighted by molar-refractivity contribution is 0.312. The van der Waals surface area contributed by atoms with Gasteiger partial charge in [-0.3, -0.25) is 0 Å². The molecule has 8 heteroatoms. The van der Waals surface area contributed by atoms with Crippen molar-refractivity contribution in [1.29, 1.82) is 0 Å². The molecule has 0 atom stereocenters. The maximum Gasteiger partial charge on any atom is 0.277 e. The SMILES string of the molecule is CC(C)CNS(=O)(=O)NC(C)(C)C(N)=NO. The Hall–Kier alpha value is -0.860. The van der Waals surface area contributed by atoms with Crippen molar-refractivity contribution in [3.05, 3.63) is 0 Å². The maximum absolute atomic E-state index is 11.6. The number of nitrogens with one attached hydrogen (secondary N) is 2. The van der Waals surface area contributed by atoms with E-state index in [4.69, 9.17) is 10.9 Å². The van der Waals surface area contributed by atoms with Crippen LogP contribution in [0.25, 0.3) is 0 Å². The summed E-state index contributed by atoms with van der Waals surface area (Å²) >= 11 is 0. The van der Waals surface area contributed by atoms with Gasteiger partial charge >= 0.3 is 0 Å². The van der Waals surface area contributed by atoms with E-state index in [0.29, 0.717) is 6.54 Å². The predicted octanol–water partition coefficient (Wildman–Crippen LogP) is -0.409. The molecule has 0 aromatic heterocycles. The smallest absolute Gasteiger partial charge is 0.277 e. The predicted molar refractivity (Wildman–Crippen MR) is 62.4 cm³/mol. The second-order valence-corrected chi connectivity index (χ2v) is 5.96. The highest BCUT2D eigenvalue weighted by atomic mass is 32.2. The second-order valence-electron chi connectivity index (χ2n) is 4.46. The normalized spacial score (nSPS) is 14.4. The summed E-state index contributed by atoms with van der Waals surface area (Å²) < 4.78 is 27.8. The van der Waals surface area contributed by atoms with Gasteiger partial charge in [0.1, 0.15) is 0 Å². The average molecular weight is 252 g/mol. The van der Waals surface area contributed by atoms with Crippen LogP contribution in [0.1, 0.15) is 27.7 Å². The summed E-state index contributed by atoms with van der Waals surface area (Å²) in [4.78, 5) is 0. The van der Waals surface area contributed by atoms with Gasteiger partial charge < -0.3 is 10.9 Å². The highest BCUT2D eigenvalue weighted by Crippen LogP contribution is 2.03. The van der Waals surface area contributed by atoms with Crippen molar-refractivity contribution in [3.8, 4) is 0 Å². The zero-order valence-corrected chi connectivity index (χ0v) is 10.8. The van der Waals surface area contributed by atoms with Crippen molar-refractivity contribution >= 4 is 16.0 Å². The summed E-state index contributed by atoms with van der Waals surface area (Å²) in [6.07, 6.45) is 0. The molecule has 0 aromatic rings. The van der Waals surface area contributed by atoms with Gasteiger partial charge in [-0.25, -0.2) is 4.72 Å². The van der Waals surface area contributed by atoms with Gasteiger partial charge in [0, 0.05) is 6.54 Å². The molecule has 0 fully saturated rings. The topological polar surface area (TPSA) is 117 Å². The van der Waals surface area contributed by atoms with Gasteiger partial charge in [0.2, 0.25) is 0 Å². The van der Waals surface area contributed by atoms with E-state index in [9.17, 15) is 8.42 Å². The maximum atomic E-state index is 11.6. The molecule has 0 heterocycles. The fourth-order valence-corrected chi connectivity index (χ4v) is 2.23. The van der Waals surface area contributed by atoms with Crippen molar-refractivity contribution in [2.45, 2.75) is 33.2 Å². The summed E-state index contributed by atoms with van der Waals surface area (Å²) in [6, 6.07) is 0. The van der Waals surface area contributed by atoms with Gasteiger partial charge in [0.05, 0.1) is 5.54 Å². The lowest BCUT2D eigenvalue weighted by Gasteiger charge is -2.24. The number of amidine groups is 1. The number of rotatable bonds is 6. The standard InChI is InChI=1S/C8H20N4O3S/c1-6(2)5-10-16(14,15)12-8(3,4)7(9)11-13/h6,10,12-13H,5H2,1-4H3,(H2,9,11). The molecule has 0 spiro atoms. The monoisotopic (exact) mass is 252 g/mol. The van der Waals surface area contributed by atoms with E-state index >= 15 is 0 Å². The molecular weight excluding hydrogens is 232 g/mol. The molecule has 0 aliphatic rings. The first kappa shape index (κ1) is 15.1. The molecule has 0 saturated carbocycles. The summed E-state index contributed by atoms with van der Waals surface area (Å²) in [5.41, 5.74) is 4.22. The van der Waals surface area contributed by atoms with E-state index in [0.717, 1.165) is 0 Å². The third kappa shape index (κ3) is 5.29. The summed E-state index contributed by atoms with van der Waals surface area (Å²) in [5.74, 6) is -0.00837. The van der Waals surface area contributed by atoms with Crippen molar-refractivity contribution in [1.82, 2.24) is 9.44 Å². The molecule has 0 amide bonds. The van der Waals surface area contributed by atoms with E-state index in [1.807, 2.05) is 13.8 Å². The Morgan fingerprint density at radius 1 is 1.50 bits per heavy atom. The minimum absolute atomic E-state index is 0.198. The van der Waals surface area contributed by atoms with Crippen LogP contribution >= 0.6 is 0 Å². The van der Waals surface area contributed by atoms with Crippen molar-refractivity contribution in [2.24, 2.45) is 16.8 Å². The van der Waals surface area contributed by atoms with Crippen LogP contribution in [0, 0.1) is 5.92 Å². The van der Waals surface area contributed by atoms with Crippen LogP contribution in [0.5, 0.6) is 0 Å². The van der Waals surface area contributed by atoms with Crippen molar-refractivity contribution in [2.75, 3.05) is 6.54 Å².